The molecule has 0 atom stereocenters. The molecule has 6 nitrogen and oxygen atoms in total. The summed E-state index contributed by atoms with van der Waals surface area (Å²) < 4.78 is 7.30. The number of hydrogen-bond donors (Lipinski definition) is 2. The van der Waals surface area contributed by atoms with E-state index in [4.69, 9.17) is 16.3 Å². The molecular weight excluding hydrogens is 376 g/mol. The molecule has 2 amide bonds. The van der Waals surface area contributed by atoms with Crippen molar-refractivity contribution in [1.82, 2.24) is 9.99 Å². The number of hydrazone groups is 1. The molecule has 1 aromatic heterocycles. The van der Waals surface area contributed by atoms with Crippen molar-refractivity contribution >= 4 is 29.5 Å². The van der Waals surface area contributed by atoms with E-state index in [0.717, 1.165) is 22.7 Å². The molecule has 2 aromatic carbocycles. The number of nitrogens with zero attached hydrogens (tertiary/aromatic N) is 2. The smallest absolute Gasteiger partial charge is 0.339 e. The Morgan fingerprint density at radius 2 is 2.00 bits per heavy atom. The number of anilines is 1. The Morgan fingerprint density at radius 1 is 1.21 bits per heavy atom. The number of nitrogens with one attached hydrogen (secondary N) is 2. The SMILES string of the molecule is CCOc1ccc(NC(=O)N/N=C/c2cccn2-c2ccc(C)c(Cl)c2)cc1. The van der Waals surface area contributed by atoms with Crippen molar-refractivity contribution in [2.45, 2.75) is 13.8 Å². The Hall–Kier alpha value is -3.25. The van der Waals surface area contributed by atoms with Gasteiger partial charge in [-0.05, 0) is 67.9 Å². The van der Waals surface area contributed by atoms with Gasteiger partial charge in [0.2, 0.25) is 0 Å². The van der Waals surface area contributed by atoms with E-state index in [1.54, 1.807) is 30.5 Å². The fourth-order valence-electron chi connectivity index (χ4n) is 2.58. The van der Waals surface area contributed by atoms with E-state index in [9.17, 15) is 4.79 Å². The Labute approximate surface area is 168 Å². The summed E-state index contributed by atoms with van der Waals surface area (Å²) in [6, 6.07) is 16.3. The fraction of sp³-hybridized carbons (Fsp3) is 0.143. The zero-order valence-corrected chi connectivity index (χ0v) is 16.4. The van der Waals surface area contributed by atoms with E-state index in [1.165, 1.54) is 0 Å². The number of amides is 2. The maximum absolute atomic E-state index is 12.0. The zero-order chi connectivity index (χ0) is 19.9. The van der Waals surface area contributed by atoms with Crippen molar-refractivity contribution in [3.8, 4) is 11.4 Å². The van der Waals surface area contributed by atoms with Crippen molar-refractivity contribution in [3.63, 3.8) is 0 Å². The molecule has 0 bridgehead atoms. The van der Waals surface area contributed by atoms with Crippen LogP contribution in [0.25, 0.3) is 5.69 Å². The molecule has 0 aliphatic rings. The predicted octanol–water partition coefficient (Wildman–Crippen LogP) is 4.99. The Bertz CT molecular complexity index is 980. The lowest BCUT2D eigenvalue weighted by molar-refractivity contribution is 0.252. The molecule has 0 fully saturated rings. The van der Waals surface area contributed by atoms with Crippen LogP contribution in [0.1, 0.15) is 18.2 Å². The Kier molecular flexibility index (Phi) is 6.34. The lowest BCUT2D eigenvalue weighted by atomic mass is 10.2. The average Bonchev–Trinajstić information content (AvgIpc) is 3.14. The second-order valence-corrected chi connectivity index (χ2v) is 6.43. The van der Waals surface area contributed by atoms with E-state index in [-0.39, 0.29) is 0 Å². The van der Waals surface area contributed by atoms with Gasteiger partial charge < -0.3 is 14.6 Å². The van der Waals surface area contributed by atoms with Gasteiger partial charge in [-0.1, -0.05) is 17.7 Å². The van der Waals surface area contributed by atoms with E-state index in [1.807, 2.05) is 54.9 Å². The van der Waals surface area contributed by atoms with Crippen molar-refractivity contribution < 1.29 is 9.53 Å². The molecule has 2 N–H and O–H groups in total. The molecule has 0 unspecified atom stereocenters. The van der Waals surface area contributed by atoms with Gasteiger partial charge in [0.25, 0.3) is 0 Å². The summed E-state index contributed by atoms with van der Waals surface area (Å²) in [4.78, 5) is 12.0. The van der Waals surface area contributed by atoms with Crippen LogP contribution in [0.4, 0.5) is 10.5 Å². The number of aromatic nitrogens is 1. The zero-order valence-electron chi connectivity index (χ0n) is 15.6. The van der Waals surface area contributed by atoms with E-state index < -0.39 is 6.03 Å². The highest BCUT2D eigenvalue weighted by atomic mass is 35.5. The number of benzene rings is 2. The number of ether oxygens (including phenoxy) is 1. The van der Waals surface area contributed by atoms with Crippen molar-refractivity contribution in [3.05, 3.63) is 77.1 Å². The van der Waals surface area contributed by atoms with Gasteiger partial charge in [0.05, 0.1) is 18.5 Å². The van der Waals surface area contributed by atoms with Crippen LogP contribution in [-0.4, -0.2) is 23.4 Å². The van der Waals surface area contributed by atoms with Crippen LogP contribution < -0.4 is 15.5 Å². The number of urea groups is 1. The molecule has 7 heteroatoms. The van der Waals surface area contributed by atoms with Crippen LogP contribution in [0, 0.1) is 6.92 Å². The van der Waals surface area contributed by atoms with Crippen LogP contribution >= 0.6 is 11.6 Å². The lowest BCUT2D eigenvalue weighted by Gasteiger charge is -2.08. The highest BCUT2D eigenvalue weighted by molar-refractivity contribution is 6.31. The second-order valence-electron chi connectivity index (χ2n) is 6.02. The molecule has 28 heavy (non-hydrogen) atoms. The minimum atomic E-state index is -0.433. The molecule has 0 aliphatic carbocycles. The van der Waals surface area contributed by atoms with Crippen molar-refractivity contribution in [1.29, 1.82) is 0 Å². The molecule has 0 aliphatic heterocycles. The minimum Gasteiger partial charge on any atom is -0.494 e. The quantitative estimate of drug-likeness (QED) is 0.455. The second kappa shape index (κ2) is 9.10. The van der Waals surface area contributed by atoms with Gasteiger partial charge in [-0.15, -0.1) is 0 Å². The van der Waals surface area contributed by atoms with Crippen molar-refractivity contribution in [2.75, 3.05) is 11.9 Å². The summed E-state index contributed by atoms with van der Waals surface area (Å²) >= 11 is 6.21. The number of hydrogen-bond acceptors (Lipinski definition) is 3. The molecule has 0 saturated heterocycles. The molecule has 0 radical (unpaired) electrons. The summed E-state index contributed by atoms with van der Waals surface area (Å²) in [5.41, 5.74) is 5.84. The standard InChI is InChI=1S/C21H21ClN4O2/c1-3-28-19-10-7-16(8-11-19)24-21(27)25-23-14-18-5-4-12-26(18)17-9-6-15(2)20(22)13-17/h4-14H,3H2,1-2H3,(H2,24,25,27)/b23-14+. The minimum absolute atomic E-state index is 0.433. The van der Waals surface area contributed by atoms with Gasteiger partial charge >= 0.3 is 6.03 Å². The molecule has 144 valence electrons. The summed E-state index contributed by atoms with van der Waals surface area (Å²) in [5.74, 6) is 0.753. The average molecular weight is 397 g/mol. The van der Waals surface area contributed by atoms with E-state index in [2.05, 4.69) is 15.8 Å². The van der Waals surface area contributed by atoms with Crippen LogP contribution in [0.2, 0.25) is 5.02 Å². The monoisotopic (exact) mass is 396 g/mol. The van der Waals surface area contributed by atoms with Gasteiger partial charge in [0.1, 0.15) is 5.75 Å². The molecule has 0 spiro atoms. The fourth-order valence-corrected chi connectivity index (χ4v) is 2.76. The Morgan fingerprint density at radius 3 is 2.71 bits per heavy atom. The topological polar surface area (TPSA) is 67.7 Å². The third-order valence-corrected chi connectivity index (χ3v) is 4.41. The predicted molar refractivity (Wildman–Crippen MR) is 113 cm³/mol. The number of carbonyl (C=O) groups excluding carboxylic acids is 1. The third kappa shape index (κ3) is 4.92. The number of halogens is 1. The van der Waals surface area contributed by atoms with Gasteiger partial charge in [-0.3, -0.25) is 0 Å². The normalized spacial score (nSPS) is 10.8. The summed E-state index contributed by atoms with van der Waals surface area (Å²) in [7, 11) is 0. The van der Waals surface area contributed by atoms with Crippen molar-refractivity contribution in [2.24, 2.45) is 5.10 Å². The molecule has 3 rings (SSSR count). The van der Waals surface area contributed by atoms with Crippen LogP contribution in [0.15, 0.2) is 65.9 Å². The lowest BCUT2D eigenvalue weighted by Crippen LogP contribution is -2.24. The first-order valence-corrected chi connectivity index (χ1v) is 9.21. The van der Waals surface area contributed by atoms with Gasteiger partial charge in [-0.2, -0.15) is 5.10 Å². The summed E-state index contributed by atoms with van der Waals surface area (Å²) in [5, 5.41) is 7.42. The number of carbonyl (C=O) groups is 1. The largest absolute Gasteiger partial charge is 0.494 e. The van der Waals surface area contributed by atoms with Crippen LogP contribution in [-0.2, 0) is 0 Å². The highest BCUT2D eigenvalue weighted by Gasteiger charge is 2.04. The highest BCUT2D eigenvalue weighted by Crippen LogP contribution is 2.20. The Balaban J connectivity index is 1.61. The maximum Gasteiger partial charge on any atom is 0.339 e. The maximum atomic E-state index is 12.0. The first-order valence-electron chi connectivity index (χ1n) is 8.83. The third-order valence-electron chi connectivity index (χ3n) is 4.00. The van der Waals surface area contributed by atoms with E-state index >= 15 is 0 Å². The molecule has 0 saturated carbocycles. The molecular formula is C21H21ClN4O2. The molecule has 3 aromatic rings. The van der Waals surface area contributed by atoms with Crippen LogP contribution in [0.5, 0.6) is 5.75 Å². The van der Waals surface area contributed by atoms with E-state index in [0.29, 0.717) is 17.3 Å². The summed E-state index contributed by atoms with van der Waals surface area (Å²) in [6.07, 6.45) is 3.48. The first-order chi connectivity index (χ1) is 13.6. The first kappa shape index (κ1) is 19.5. The number of rotatable bonds is 6. The van der Waals surface area contributed by atoms with Gasteiger partial charge in [-0.25, -0.2) is 10.2 Å². The number of aryl methyl sites for hydroxylation is 1. The van der Waals surface area contributed by atoms with Crippen LogP contribution in [0.3, 0.4) is 0 Å². The van der Waals surface area contributed by atoms with Gasteiger partial charge in [0, 0.05) is 22.6 Å². The molecule has 1 heterocycles. The summed E-state index contributed by atoms with van der Waals surface area (Å²) in [6.45, 7) is 4.47. The van der Waals surface area contributed by atoms with Gasteiger partial charge in [0.15, 0.2) is 0 Å².